The molecule has 0 radical (unpaired) electrons. The molecule has 3 heteroatoms. The van der Waals surface area contributed by atoms with Crippen LogP contribution in [0.4, 0.5) is 0 Å². The number of benzene rings is 1. The Kier molecular flexibility index (Phi) is 5.78. The van der Waals surface area contributed by atoms with E-state index in [4.69, 9.17) is 23.2 Å². The fourth-order valence-corrected chi connectivity index (χ4v) is 2.19. The minimum Gasteiger partial charge on any atom is -0.316 e. The molecular weight excluding hydrogens is 253 g/mol. The van der Waals surface area contributed by atoms with Gasteiger partial charge in [0.1, 0.15) is 0 Å². The first-order valence-electron chi connectivity index (χ1n) is 6.09. The maximum atomic E-state index is 6.02. The number of halogens is 2. The first kappa shape index (κ1) is 14.8. The Labute approximate surface area is 115 Å². The van der Waals surface area contributed by atoms with Crippen LogP contribution in [-0.2, 0) is 6.42 Å². The Balaban J connectivity index is 2.59. The Morgan fingerprint density at radius 3 is 2.47 bits per heavy atom. The van der Waals surface area contributed by atoms with Gasteiger partial charge in [-0.25, -0.2) is 0 Å². The van der Waals surface area contributed by atoms with Gasteiger partial charge in [0.15, 0.2) is 0 Å². The quantitative estimate of drug-likeness (QED) is 0.750. The van der Waals surface area contributed by atoms with Crippen LogP contribution in [0.1, 0.15) is 32.8 Å². The van der Waals surface area contributed by atoms with Gasteiger partial charge in [-0.3, -0.25) is 0 Å². The molecule has 0 aromatic heterocycles. The number of hydrogen-bond acceptors (Lipinski definition) is 1. The molecule has 0 saturated heterocycles. The van der Waals surface area contributed by atoms with Crippen LogP contribution >= 0.6 is 23.2 Å². The molecule has 1 aromatic carbocycles. The molecule has 0 aliphatic carbocycles. The summed E-state index contributed by atoms with van der Waals surface area (Å²) in [6.07, 6.45) is 2.17. The van der Waals surface area contributed by atoms with Gasteiger partial charge in [0.25, 0.3) is 0 Å². The number of rotatable bonds is 6. The summed E-state index contributed by atoms with van der Waals surface area (Å²) >= 11 is 11.9. The van der Waals surface area contributed by atoms with Gasteiger partial charge < -0.3 is 5.32 Å². The third kappa shape index (κ3) is 5.29. The molecule has 1 N–H and O–H groups in total. The molecule has 0 atom stereocenters. The summed E-state index contributed by atoms with van der Waals surface area (Å²) in [5.74, 6) is 0. The van der Waals surface area contributed by atoms with Gasteiger partial charge in [0, 0.05) is 6.54 Å². The van der Waals surface area contributed by atoms with Gasteiger partial charge in [0.05, 0.1) is 10.0 Å². The molecule has 0 saturated carbocycles. The highest BCUT2D eigenvalue weighted by molar-refractivity contribution is 6.42. The van der Waals surface area contributed by atoms with Crippen molar-refractivity contribution in [3.8, 4) is 0 Å². The molecule has 96 valence electrons. The molecule has 17 heavy (non-hydrogen) atoms. The molecule has 0 aliphatic heterocycles. The van der Waals surface area contributed by atoms with Gasteiger partial charge in [-0.05, 0) is 42.5 Å². The lowest BCUT2D eigenvalue weighted by atomic mass is 9.85. The highest BCUT2D eigenvalue weighted by Gasteiger charge is 2.18. The topological polar surface area (TPSA) is 12.0 Å². The van der Waals surface area contributed by atoms with Crippen molar-refractivity contribution in [2.24, 2.45) is 5.41 Å². The minimum atomic E-state index is 0.229. The van der Waals surface area contributed by atoms with Crippen molar-refractivity contribution in [1.29, 1.82) is 0 Å². The highest BCUT2D eigenvalue weighted by atomic mass is 35.5. The predicted octanol–water partition coefficient (Wildman–Crippen LogP) is 4.56. The molecule has 1 rings (SSSR count). The maximum Gasteiger partial charge on any atom is 0.0595 e. The molecule has 0 amide bonds. The van der Waals surface area contributed by atoms with Crippen LogP contribution < -0.4 is 5.32 Å². The molecule has 0 bridgehead atoms. The van der Waals surface area contributed by atoms with E-state index >= 15 is 0 Å². The standard InChI is InChI=1S/C14H21Cl2N/c1-4-7-17-10-14(2,3)9-11-5-6-12(15)13(16)8-11/h5-6,8,17H,4,7,9-10H2,1-3H3. The Bertz CT molecular complexity index is 361. The Morgan fingerprint density at radius 2 is 1.88 bits per heavy atom. The van der Waals surface area contributed by atoms with Crippen molar-refractivity contribution in [2.75, 3.05) is 13.1 Å². The van der Waals surface area contributed by atoms with Crippen LogP contribution in [0.5, 0.6) is 0 Å². The van der Waals surface area contributed by atoms with Crippen molar-refractivity contribution >= 4 is 23.2 Å². The summed E-state index contributed by atoms with van der Waals surface area (Å²) in [6, 6.07) is 5.88. The zero-order valence-electron chi connectivity index (χ0n) is 10.8. The lowest BCUT2D eigenvalue weighted by Gasteiger charge is -2.25. The molecule has 0 spiro atoms. The third-order valence-corrected chi connectivity index (χ3v) is 3.44. The van der Waals surface area contributed by atoms with E-state index in [1.165, 1.54) is 12.0 Å². The summed E-state index contributed by atoms with van der Waals surface area (Å²) in [5.41, 5.74) is 1.47. The van der Waals surface area contributed by atoms with Crippen LogP contribution in [-0.4, -0.2) is 13.1 Å². The number of hydrogen-bond donors (Lipinski definition) is 1. The van der Waals surface area contributed by atoms with Gasteiger partial charge >= 0.3 is 0 Å². The molecule has 0 unspecified atom stereocenters. The van der Waals surface area contributed by atoms with Gasteiger partial charge in [-0.1, -0.05) is 50.0 Å². The van der Waals surface area contributed by atoms with Crippen LogP contribution in [0.3, 0.4) is 0 Å². The van der Waals surface area contributed by atoms with Crippen LogP contribution in [0.25, 0.3) is 0 Å². The second-order valence-corrected chi connectivity index (χ2v) is 6.08. The van der Waals surface area contributed by atoms with Crippen LogP contribution in [0, 0.1) is 5.41 Å². The van der Waals surface area contributed by atoms with E-state index in [1.807, 2.05) is 12.1 Å². The molecule has 1 aromatic rings. The van der Waals surface area contributed by atoms with Crippen molar-refractivity contribution in [1.82, 2.24) is 5.32 Å². The fourth-order valence-electron chi connectivity index (χ4n) is 1.87. The summed E-state index contributed by atoms with van der Waals surface area (Å²) in [7, 11) is 0. The van der Waals surface area contributed by atoms with Gasteiger partial charge in [-0.15, -0.1) is 0 Å². The van der Waals surface area contributed by atoms with E-state index in [2.05, 4.69) is 32.2 Å². The van der Waals surface area contributed by atoms with E-state index in [0.717, 1.165) is 19.5 Å². The van der Waals surface area contributed by atoms with Crippen molar-refractivity contribution in [3.63, 3.8) is 0 Å². The largest absolute Gasteiger partial charge is 0.316 e. The third-order valence-electron chi connectivity index (χ3n) is 2.70. The molecule has 1 nitrogen and oxygen atoms in total. The summed E-state index contributed by atoms with van der Waals surface area (Å²) in [6.45, 7) is 8.79. The Morgan fingerprint density at radius 1 is 1.18 bits per heavy atom. The summed E-state index contributed by atoms with van der Waals surface area (Å²) in [4.78, 5) is 0. The van der Waals surface area contributed by atoms with E-state index in [0.29, 0.717) is 10.0 Å². The van der Waals surface area contributed by atoms with Gasteiger partial charge in [-0.2, -0.15) is 0 Å². The zero-order chi connectivity index (χ0) is 12.9. The first-order valence-corrected chi connectivity index (χ1v) is 6.85. The van der Waals surface area contributed by atoms with Crippen molar-refractivity contribution in [3.05, 3.63) is 33.8 Å². The van der Waals surface area contributed by atoms with E-state index < -0.39 is 0 Å². The average molecular weight is 274 g/mol. The normalized spacial score (nSPS) is 11.8. The SMILES string of the molecule is CCCNCC(C)(C)Cc1ccc(Cl)c(Cl)c1. The predicted molar refractivity (Wildman–Crippen MR) is 77.1 cm³/mol. The zero-order valence-corrected chi connectivity index (χ0v) is 12.3. The Hall–Kier alpha value is -0.240. The second-order valence-electron chi connectivity index (χ2n) is 5.27. The van der Waals surface area contributed by atoms with Gasteiger partial charge in [0.2, 0.25) is 0 Å². The fraction of sp³-hybridized carbons (Fsp3) is 0.571. The highest BCUT2D eigenvalue weighted by Crippen LogP contribution is 2.27. The lowest BCUT2D eigenvalue weighted by Crippen LogP contribution is -2.31. The van der Waals surface area contributed by atoms with Crippen molar-refractivity contribution in [2.45, 2.75) is 33.6 Å². The van der Waals surface area contributed by atoms with E-state index in [1.54, 1.807) is 0 Å². The molecule has 0 heterocycles. The minimum absolute atomic E-state index is 0.229. The molecule has 0 aliphatic rings. The first-order chi connectivity index (χ1) is 7.94. The van der Waals surface area contributed by atoms with E-state index in [9.17, 15) is 0 Å². The molecule has 0 fully saturated rings. The second kappa shape index (κ2) is 6.63. The van der Waals surface area contributed by atoms with Crippen LogP contribution in [0.15, 0.2) is 18.2 Å². The van der Waals surface area contributed by atoms with Crippen molar-refractivity contribution < 1.29 is 0 Å². The summed E-state index contributed by atoms with van der Waals surface area (Å²) < 4.78 is 0. The molecular formula is C14H21Cl2N. The average Bonchev–Trinajstić information content (AvgIpc) is 2.23. The van der Waals surface area contributed by atoms with E-state index in [-0.39, 0.29) is 5.41 Å². The monoisotopic (exact) mass is 273 g/mol. The summed E-state index contributed by atoms with van der Waals surface area (Å²) in [5, 5.41) is 4.73. The number of nitrogens with one attached hydrogen (secondary N) is 1. The smallest absolute Gasteiger partial charge is 0.0595 e. The lowest BCUT2D eigenvalue weighted by molar-refractivity contribution is 0.339. The maximum absolute atomic E-state index is 6.02. The van der Waals surface area contributed by atoms with Crippen LogP contribution in [0.2, 0.25) is 10.0 Å².